The molecule has 0 spiro atoms. The number of methoxy groups -OCH3 is 2. The zero-order valence-corrected chi connectivity index (χ0v) is 25.3. The lowest BCUT2D eigenvalue weighted by molar-refractivity contribution is -0.126. The van der Waals surface area contributed by atoms with Crippen molar-refractivity contribution in [2.75, 3.05) is 27.4 Å². The van der Waals surface area contributed by atoms with Crippen LogP contribution in [0.4, 0.5) is 0 Å². The minimum Gasteiger partial charge on any atom is -0.497 e. The van der Waals surface area contributed by atoms with Crippen LogP contribution in [0.1, 0.15) is 28.2 Å². The van der Waals surface area contributed by atoms with Gasteiger partial charge in [-0.05, 0) is 46.5 Å². The highest BCUT2D eigenvalue weighted by atomic mass is 16.5. The van der Waals surface area contributed by atoms with E-state index >= 15 is 0 Å². The van der Waals surface area contributed by atoms with Crippen molar-refractivity contribution in [1.82, 2.24) is 0 Å². The predicted octanol–water partition coefficient (Wildman–Crippen LogP) is 7.04. The second-order valence-corrected chi connectivity index (χ2v) is 10.4. The Morgan fingerprint density at radius 3 is 1.80 bits per heavy atom. The topological polar surface area (TPSA) is 74.2 Å². The Morgan fingerprint density at radius 1 is 0.682 bits per heavy atom. The van der Waals surface area contributed by atoms with Crippen molar-refractivity contribution in [3.8, 4) is 11.5 Å². The molecular weight excluding hydrogens is 552 g/mol. The van der Waals surface area contributed by atoms with Crippen LogP contribution in [0.3, 0.4) is 0 Å². The summed E-state index contributed by atoms with van der Waals surface area (Å²) in [6, 6.07) is 34.9. The Hall–Kier alpha value is -4.49. The summed E-state index contributed by atoms with van der Waals surface area (Å²) in [7, 11) is 3.25. The average Bonchev–Trinajstić information content (AvgIpc) is 3.07. The van der Waals surface area contributed by atoms with Crippen molar-refractivity contribution in [1.29, 1.82) is 0 Å². The smallest absolute Gasteiger partial charge is 0.166 e. The number of ketones is 1. The van der Waals surface area contributed by atoms with E-state index in [4.69, 9.17) is 18.9 Å². The van der Waals surface area contributed by atoms with Gasteiger partial charge < -0.3 is 24.1 Å². The summed E-state index contributed by atoms with van der Waals surface area (Å²) in [4.78, 5) is 13.8. The number of hydrogen-bond donors (Lipinski definition) is 1. The quantitative estimate of drug-likeness (QED) is 0.133. The van der Waals surface area contributed by atoms with E-state index in [2.05, 4.69) is 0 Å². The SMILES string of the molecule is COc1ccc(COCC(=O)C(/C=C/c2ccccc2)C(/C=C/[C@@H](O)COCc2ccc(OC)cc2)c2ccccc2)cc1. The van der Waals surface area contributed by atoms with Crippen molar-refractivity contribution in [3.63, 3.8) is 0 Å². The van der Waals surface area contributed by atoms with Gasteiger partial charge in [-0.3, -0.25) is 4.79 Å². The maximum atomic E-state index is 13.8. The lowest BCUT2D eigenvalue weighted by Crippen LogP contribution is -2.24. The third kappa shape index (κ3) is 10.3. The van der Waals surface area contributed by atoms with Gasteiger partial charge in [0, 0.05) is 11.8 Å². The summed E-state index contributed by atoms with van der Waals surface area (Å²) in [5.41, 5.74) is 3.89. The van der Waals surface area contributed by atoms with Gasteiger partial charge in [-0.25, -0.2) is 0 Å². The molecule has 0 saturated heterocycles. The molecule has 4 aromatic rings. The van der Waals surface area contributed by atoms with Gasteiger partial charge in [0.05, 0.1) is 40.1 Å². The third-order valence-corrected chi connectivity index (χ3v) is 7.17. The van der Waals surface area contributed by atoms with E-state index in [9.17, 15) is 9.90 Å². The second-order valence-electron chi connectivity index (χ2n) is 10.4. The minimum absolute atomic E-state index is 0.0550. The zero-order valence-electron chi connectivity index (χ0n) is 25.3. The number of carbonyl (C=O) groups is 1. The van der Waals surface area contributed by atoms with Gasteiger partial charge in [0.2, 0.25) is 0 Å². The lowest BCUT2D eigenvalue weighted by atomic mass is 9.82. The van der Waals surface area contributed by atoms with Crippen LogP contribution in [0.15, 0.2) is 127 Å². The number of allylic oxidation sites excluding steroid dienone is 2. The van der Waals surface area contributed by atoms with Crippen LogP contribution >= 0.6 is 0 Å². The number of hydrogen-bond acceptors (Lipinski definition) is 6. The highest BCUT2D eigenvalue weighted by Crippen LogP contribution is 2.30. The van der Waals surface area contributed by atoms with Crippen LogP contribution in [-0.2, 0) is 27.5 Å². The van der Waals surface area contributed by atoms with Gasteiger partial charge in [-0.2, -0.15) is 0 Å². The summed E-state index contributed by atoms with van der Waals surface area (Å²) in [6.45, 7) is 0.735. The molecule has 6 heteroatoms. The standard InChI is InChI=1S/C38H40O6/c1-41-34-19-13-30(14-20-34)25-43-27-33(39)18-24-36(32-11-7-4-8-12-32)37(23-17-29-9-5-3-6-10-29)38(40)28-44-26-31-15-21-35(42-2)22-16-31/h3-24,33,36-37,39H,25-28H2,1-2H3/b23-17+,24-18+/t33-,36?,37?/m1/s1. The van der Waals surface area contributed by atoms with Crippen molar-refractivity contribution in [2.24, 2.45) is 5.92 Å². The molecular formula is C38H40O6. The fourth-order valence-electron chi connectivity index (χ4n) is 4.73. The molecule has 0 aliphatic carbocycles. The zero-order chi connectivity index (χ0) is 31.0. The largest absolute Gasteiger partial charge is 0.497 e. The number of benzene rings is 4. The maximum Gasteiger partial charge on any atom is 0.166 e. The molecule has 0 bridgehead atoms. The van der Waals surface area contributed by atoms with E-state index in [0.29, 0.717) is 13.2 Å². The van der Waals surface area contributed by atoms with Crippen LogP contribution in [-0.4, -0.2) is 44.4 Å². The van der Waals surface area contributed by atoms with Gasteiger partial charge in [0.1, 0.15) is 18.1 Å². The summed E-state index contributed by atoms with van der Waals surface area (Å²) in [5.74, 6) is 0.623. The minimum atomic E-state index is -0.848. The molecule has 1 N–H and O–H groups in total. The highest BCUT2D eigenvalue weighted by molar-refractivity contribution is 5.86. The first-order valence-corrected chi connectivity index (χ1v) is 14.6. The van der Waals surface area contributed by atoms with Crippen LogP contribution < -0.4 is 9.47 Å². The fourth-order valence-corrected chi connectivity index (χ4v) is 4.73. The number of aliphatic hydroxyl groups is 1. The molecule has 2 unspecified atom stereocenters. The van der Waals surface area contributed by atoms with E-state index in [-0.39, 0.29) is 24.9 Å². The monoisotopic (exact) mass is 592 g/mol. The summed E-state index contributed by atoms with van der Waals surface area (Å²) in [5, 5.41) is 10.8. The summed E-state index contributed by atoms with van der Waals surface area (Å²) < 4.78 is 22.1. The predicted molar refractivity (Wildman–Crippen MR) is 174 cm³/mol. The molecule has 0 fully saturated rings. The molecule has 4 aromatic carbocycles. The second kappa shape index (κ2) is 17.6. The first kappa shape index (κ1) is 32.4. The van der Waals surface area contributed by atoms with Crippen LogP contribution in [0.25, 0.3) is 6.08 Å². The highest BCUT2D eigenvalue weighted by Gasteiger charge is 2.26. The Morgan fingerprint density at radius 2 is 1.23 bits per heavy atom. The van der Waals surface area contributed by atoms with E-state index in [1.165, 1.54) is 0 Å². The molecule has 0 amide bonds. The van der Waals surface area contributed by atoms with Crippen LogP contribution in [0.5, 0.6) is 11.5 Å². The lowest BCUT2D eigenvalue weighted by Gasteiger charge is -2.22. The molecule has 6 nitrogen and oxygen atoms in total. The average molecular weight is 593 g/mol. The first-order chi connectivity index (χ1) is 21.6. The van der Waals surface area contributed by atoms with Crippen molar-refractivity contribution in [3.05, 3.63) is 150 Å². The van der Waals surface area contributed by atoms with Crippen LogP contribution in [0.2, 0.25) is 0 Å². The van der Waals surface area contributed by atoms with Gasteiger partial charge in [0.15, 0.2) is 5.78 Å². The van der Waals surface area contributed by atoms with Gasteiger partial charge >= 0.3 is 0 Å². The molecule has 0 heterocycles. The van der Waals surface area contributed by atoms with Crippen molar-refractivity contribution >= 4 is 11.9 Å². The summed E-state index contributed by atoms with van der Waals surface area (Å²) >= 11 is 0. The maximum absolute atomic E-state index is 13.8. The number of rotatable bonds is 17. The molecule has 0 radical (unpaired) electrons. The molecule has 0 aromatic heterocycles. The Labute approximate surface area is 260 Å². The molecule has 44 heavy (non-hydrogen) atoms. The molecule has 0 aliphatic rings. The van der Waals surface area contributed by atoms with Crippen LogP contribution in [0, 0.1) is 5.92 Å². The molecule has 228 valence electrons. The van der Waals surface area contributed by atoms with E-state index in [1.54, 1.807) is 20.3 Å². The third-order valence-electron chi connectivity index (χ3n) is 7.17. The Bertz CT molecular complexity index is 1450. The Balaban J connectivity index is 1.48. The first-order valence-electron chi connectivity index (χ1n) is 14.6. The van der Waals surface area contributed by atoms with E-state index in [0.717, 1.165) is 33.8 Å². The molecule has 0 saturated carbocycles. The molecule has 0 aliphatic heterocycles. The number of Topliss-reactive ketones (excluding diaryl/α,β-unsaturated/α-hetero) is 1. The fraction of sp³-hybridized carbons (Fsp3) is 0.237. The number of carbonyl (C=O) groups excluding carboxylic acids is 1. The normalized spacial score (nSPS) is 13.5. The van der Waals surface area contributed by atoms with Gasteiger partial charge in [-0.1, -0.05) is 109 Å². The molecule has 4 rings (SSSR count). The summed E-state index contributed by atoms with van der Waals surface area (Å²) in [6.07, 6.45) is 6.66. The van der Waals surface area contributed by atoms with E-state index in [1.807, 2.05) is 127 Å². The van der Waals surface area contributed by atoms with Gasteiger partial charge in [-0.15, -0.1) is 0 Å². The molecule has 3 atom stereocenters. The number of ether oxygens (including phenoxy) is 4. The van der Waals surface area contributed by atoms with E-state index < -0.39 is 12.0 Å². The number of aliphatic hydroxyl groups excluding tert-OH is 1. The van der Waals surface area contributed by atoms with Crippen molar-refractivity contribution in [2.45, 2.75) is 25.2 Å². The van der Waals surface area contributed by atoms with Crippen molar-refractivity contribution < 1.29 is 28.8 Å². The Kier molecular flexibility index (Phi) is 13.0. The van der Waals surface area contributed by atoms with Gasteiger partial charge in [0.25, 0.3) is 0 Å².